The fourth-order valence-corrected chi connectivity index (χ4v) is 5.74. The van der Waals surface area contributed by atoms with Gasteiger partial charge in [-0.15, -0.1) is 0 Å². The zero-order valence-corrected chi connectivity index (χ0v) is 22.2. The number of hydrogen-bond acceptors (Lipinski definition) is 6. The summed E-state index contributed by atoms with van der Waals surface area (Å²) in [5, 5.41) is 11.2. The van der Waals surface area contributed by atoms with E-state index in [1.54, 1.807) is 6.20 Å². The summed E-state index contributed by atoms with van der Waals surface area (Å²) in [6.07, 6.45) is 10.8. The van der Waals surface area contributed by atoms with E-state index < -0.39 is 0 Å². The van der Waals surface area contributed by atoms with Gasteiger partial charge in [-0.05, 0) is 85.3 Å². The van der Waals surface area contributed by atoms with Gasteiger partial charge in [0.2, 0.25) is 0 Å². The number of aromatic amines is 2. The molecular weight excluding hydrogens is 503 g/mol. The molecule has 40 heavy (non-hydrogen) atoms. The number of rotatable bonds is 7. The number of hydrogen-bond donors (Lipinski definition) is 3. The Labute approximate surface area is 230 Å². The minimum atomic E-state index is -0.280. The number of imidazole rings is 1. The van der Waals surface area contributed by atoms with Crippen molar-refractivity contribution in [3.05, 3.63) is 78.0 Å². The number of H-pyrrole nitrogens is 2. The molecule has 0 spiro atoms. The molecule has 3 N–H and O–H groups in total. The molecule has 8 nitrogen and oxygen atoms in total. The second-order valence-electron chi connectivity index (χ2n) is 10.7. The first kappa shape index (κ1) is 24.5. The molecule has 0 unspecified atom stereocenters. The van der Waals surface area contributed by atoms with Crippen LogP contribution in [0.5, 0.6) is 0 Å². The van der Waals surface area contributed by atoms with E-state index in [2.05, 4.69) is 36.5 Å². The van der Waals surface area contributed by atoms with Crippen LogP contribution in [0.15, 0.2) is 61.1 Å². The minimum absolute atomic E-state index is 0.280. The fraction of sp³-hybridized carbons (Fsp3) is 0.258. The van der Waals surface area contributed by atoms with Crippen molar-refractivity contribution in [3.8, 4) is 33.9 Å². The number of nitrogens with one attached hydrogen (secondary N) is 3. The number of pyridine rings is 3. The highest BCUT2D eigenvalue weighted by Gasteiger charge is 2.18. The van der Waals surface area contributed by atoms with E-state index in [0.717, 1.165) is 63.6 Å². The third-order valence-electron chi connectivity index (χ3n) is 7.70. The van der Waals surface area contributed by atoms with Crippen LogP contribution in [0.25, 0.3) is 56.1 Å². The van der Waals surface area contributed by atoms with Gasteiger partial charge in [0.1, 0.15) is 11.3 Å². The first-order valence-electron chi connectivity index (χ1n) is 13.7. The molecule has 0 amide bonds. The maximum Gasteiger partial charge on any atom is 0.178 e. The van der Waals surface area contributed by atoms with Crippen molar-refractivity contribution in [1.82, 2.24) is 40.4 Å². The van der Waals surface area contributed by atoms with Gasteiger partial charge in [0.05, 0.1) is 16.7 Å². The third-order valence-corrected chi connectivity index (χ3v) is 7.70. The summed E-state index contributed by atoms with van der Waals surface area (Å²) < 4.78 is 14.2. The Bertz CT molecular complexity index is 1810. The van der Waals surface area contributed by atoms with Crippen molar-refractivity contribution < 1.29 is 4.39 Å². The van der Waals surface area contributed by atoms with Crippen LogP contribution in [0, 0.1) is 18.7 Å². The van der Waals surface area contributed by atoms with Crippen molar-refractivity contribution in [2.75, 3.05) is 6.54 Å². The molecule has 9 heteroatoms. The maximum absolute atomic E-state index is 14.2. The van der Waals surface area contributed by atoms with Gasteiger partial charge in [-0.25, -0.2) is 19.3 Å². The van der Waals surface area contributed by atoms with Crippen molar-refractivity contribution in [1.29, 1.82) is 0 Å². The molecular formula is C31H29FN8. The van der Waals surface area contributed by atoms with Crippen molar-refractivity contribution in [2.45, 2.75) is 39.2 Å². The Morgan fingerprint density at radius 3 is 2.77 bits per heavy atom. The molecule has 1 aliphatic carbocycles. The van der Waals surface area contributed by atoms with Crippen LogP contribution in [0.4, 0.5) is 4.39 Å². The quantitative estimate of drug-likeness (QED) is 0.221. The average Bonchev–Trinajstić information content (AvgIpc) is 3.71. The molecule has 6 aromatic rings. The lowest BCUT2D eigenvalue weighted by Gasteiger charge is -2.11. The van der Waals surface area contributed by atoms with Gasteiger partial charge in [-0.2, -0.15) is 5.10 Å². The minimum Gasteiger partial charge on any atom is -0.335 e. The molecule has 0 radical (unpaired) electrons. The monoisotopic (exact) mass is 532 g/mol. The van der Waals surface area contributed by atoms with Gasteiger partial charge in [0, 0.05) is 36.3 Å². The molecule has 0 atom stereocenters. The van der Waals surface area contributed by atoms with Gasteiger partial charge in [-0.3, -0.25) is 10.1 Å². The number of halogens is 1. The molecule has 1 fully saturated rings. The zero-order chi connectivity index (χ0) is 27.1. The van der Waals surface area contributed by atoms with E-state index in [1.165, 1.54) is 37.8 Å². The highest BCUT2D eigenvalue weighted by Crippen LogP contribution is 2.32. The second kappa shape index (κ2) is 10.2. The molecule has 1 aliphatic rings. The van der Waals surface area contributed by atoms with E-state index in [4.69, 9.17) is 9.97 Å². The van der Waals surface area contributed by atoms with E-state index >= 15 is 0 Å². The predicted molar refractivity (Wildman–Crippen MR) is 154 cm³/mol. The van der Waals surface area contributed by atoms with Gasteiger partial charge >= 0.3 is 0 Å². The van der Waals surface area contributed by atoms with Crippen LogP contribution < -0.4 is 5.32 Å². The molecule has 0 bridgehead atoms. The molecule has 1 saturated carbocycles. The predicted octanol–water partition coefficient (Wildman–Crippen LogP) is 6.35. The summed E-state index contributed by atoms with van der Waals surface area (Å²) in [7, 11) is 0. The van der Waals surface area contributed by atoms with Gasteiger partial charge in [0.25, 0.3) is 0 Å². The van der Waals surface area contributed by atoms with Crippen LogP contribution in [0.2, 0.25) is 0 Å². The topological polar surface area (TPSA) is 108 Å². The van der Waals surface area contributed by atoms with Gasteiger partial charge in [-0.1, -0.05) is 18.9 Å². The van der Waals surface area contributed by atoms with Gasteiger partial charge < -0.3 is 10.3 Å². The Kier molecular flexibility index (Phi) is 6.28. The SMILES string of the molecule is Cc1cc(F)cc(-c2ccnc3nc(-c4n[nH]c5ccc(-c6cncc(CNCC7CCCC7)c6)nc45)[nH]c23)c1. The summed E-state index contributed by atoms with van der Waals surface area (Å²) in [6.45, 7) is 3.72. The number of benzene rings is 1. The van der Waals surface area contributed by atoms with Crippen LogP contribution in [0.1, 0.15) is 36.8 Å². The highest BCUT2D eigenvalue weighted by molar-refractivity contribution is 5.95. The van der Waals surface area contributed by atoms with Gasteiger partial charge in [0.15, 0.2) is 17.2 Å². The Morgan fingerprint density at radius 2 is 1.90 bits per heavy atom. The van der Waals surface area contributed by atoms with E-state index in [-0.39, 0.29) is 5.82 Å². The number of nitrogens with zero attached hydrogens (tertiary/aromatic N) is 5. The van der Waals surface area contributed by atoms with Crippen LogP contribution in [0.3, 0.4) is 0 Å². The molecule has 0 aliphatic heterocycles. The second-order valence-corrected chi connectivity index (χ2v) is 10.7. The van der Waals surface area contributed by atoms with Crippen LogP contribution in [-0.4, -0.2) is 41.7 Å². The number of aryl methyl sites for hydroxylation is 1. The smallest absolute Gasteiger partial charge is 0.178 e. The first-order valence-corrected chi connectivity index (χ1v) is 13.7. The molecule has 0 saturated heterocycles. The maximum atomic E-state index is 14.2. The van der Waals surface area contributed by atoms with Crippen molar-refractivity contribution >= 4 is 22.2 Å². The summed E-state index contributed by atoms with van der Waals surface area (Å²) >= 11 is 0. The first-order chi connectivity index (χ1) is 19.6. The van der Waals surface area contributed by atoms with Crippen molar-refractivity contribution in [3.63, 3.8) is 0 Å². The normalized spacial score (nSPS) is 14.1. The van der Waals surface area contributed by atoms with E-state index in [9.17, 15) is 4.39 Å². The van der Waals surface area contributed by atoms with E-state index in [1.807, 2.05) is 43.6 Å². The largest absolute Gasteiger partial charge is 0.335 e. The van der Waals surface area contributed by atoms with E-state index in [0.29, 0.717) is 22.7 Å². The zero-order valence-electron chi connectivity index (χ0n) is 22.2. The Hall–Kier alpha value is -4.50. The lowest BCUT2D eigenvalue weighted by atomic mass is 10.0. The number of fused-ring (bicyclic) bond motifs is 2. The number of aromatic nitrogens is 7. The average molecular weight is 533 g/mol. The Balaban J connectivity index is 1.21. The molecule has 5 aromatic heterocycles. The summed E-state index contributed by atoms with van der Waals surface area (Å²) in [5.41, 5.74) is 8.67. The lowest BCUT2D eigenvalue weighted by molar-refractivity contribution is 0.489. The lowest BCUT2D eigenvalue weighted by Crippen LogP contribution is -2.20. The van der Waals surface area contributed by atoms with Crippen molar-refractivity contribution in [2.24, 2.45) is 5.92 Å². The summed E-state index contributed by atoms with van der Waals surface area (Å²) in [5.74, 6) is 1.06. The molecule has 5 heterocycles. The Morgan fingerprint density at radius 1 is 1.00 bits per heavy atom. The molecule has 1 aromatic carbocycles. The summed E-state index contributed by atoms with van der Waals surface area (Å²) in [4.78, 5) is 22.0. The third kappa shape index (κ3) is 4.73. The fourth-order valence-electron chi connectivity index (χ4n) is 5.74. The summed E-state index contributed by atoms with van der Waals surface area (Å²) in [6, 6.07) is 12.9. The van der Waals surface area contributed by atoms with Crippen LogP contribution in [-0.2, 0) is 6.54 Å². The molecule has 200 valence electrons. The standard InChI is InChI=1S/C31H29FN8/c1-18-10-21(13-23(32)11-18)24-8-9-35-30-27(24)37-31(38-30)29-28-26(39-40-29)7-6-25(36-28)22-12-20(16-34-17-22)15-33-14-19-4-2-3-5-19/h6-13,16-17,19,33H,2-5,14-15H2,1H3,(H,39,40)(H,35,37,38). The molecule has 7 rings (SSSR count). The highest BCUT2D eigenvalue weighted by atomic mass is 19.1. The van der Waals surface area contributed by atoms with Crippen LogP contribution >= 0.6 is 0 Å².